The maximum Gasteiger partial charge on any atom is 0.221 e. The molecule has 0 aliphatic carbocycles. The molecule has 0 aliphatic heterocycles. The van der Waals surface area contributed by atoms with Gasteiger partial charge in [0.2, 0.25) is 10.7 Å². The van der Waals surface area contributed by atoms with E-state index >= 15 is 0 Å². The highest BCUT2D eigenvalue weighted by atomic mass is 32.1. The molecule has 0 saturated carbocycles. The Balaban J connectivity index is 1.86. The highest BCUT2D eigenvalue weighted by Gasteiger charge is 2.07. The van der Waals surface area contributed by atoms with E-state index in [1.54, 1.807) is 10.9 Å². The van der Waals surface area contributed by atoms with Crippen LogP contribution < -0.4 is 5.32 Å². The van der Waals surface area contributed by atoms with Crippen molar-refractivity contribution in [3.05, 3.63) is 64.9 Å². The summed E-state index contributed by atoms with van der Waals surface area (Å²) in [6.07, 6.45) is 1.69. The minimum Gasteiger partial charge on any atom is -0.326 e. The summed E-state index contributed by atoms with van der Waals surface area (Å²) in [7, 11) is 0. The number of amides is 1. The molecule has 0 atom stereocenters. The van der Waals surface area contributed by atoms with E-state index in [9.17, 15) is 4.79 Å². The number of anilines is 1. The Morgan fingerprint density at radius 2 is 1.92 bits per heavy atom. The molecule has 1 amide bonds. The van der Waals surface area contributed by atoms with Crippen LogP contribution in [0.25, 0.3) is 11.4 Å². The minimum absolute atomic E-state index is 0.103. The molecule has 120 valence electrons. The van der Waals surface area contributed by atoms with Crippen LogP contribution in [-0.2, 0) is 4.79 Å². The predicted octanol–water partition coefficient (Wildman–Crippen LogP) is 3.45. The lowest BCUT2D eigenvalue weighted by Crippen LogP contribution is -2.05. The van der Waals surface area contributed by atoms with E-state index in [1.165, 1.54) is 6.92 Å². The lowest BCUT2D eigenvalue weighted by molar-refractivity contribution is -0.114. The zero-order valence-electron chi connectivity index (χ0n) is 12.9. The number of aromatic nitrogens is 3. The number of rotatable bonds is 4. The molecule has 1 heterocycles. The summed E-state index contributed by atoms with van der Waals surface area (Å²) in [5, 5.41) is 14.1. The molecule has 0 bridgehead atoms. The van der Waals surface area contributed by atoms with Crippen LogP contribution >= 0.6 is 12.2 Å². The normalized spacial score (nSPS) is 10.9. The third-order valence-corrected chi connectivity index (χ3v) is 3.50. The zero-order chi connectivity index (χ0) is 16.9. The van der Waals surface area contributed by atoms with Crippen LogP contribution in [0.4, 0.5) is 5.69 Å². The van der Waals surface area contributed by atoms with E-state index in [0.717, 1.165) is 16.8 Å². The monoisotopic (exact) mass is 337 g/mol. The van der Waals surface area contributed by atoms with Crippen molar-refractivity contribution < 1.29 is 4.79 Å². The molecule has 3 aromatic rings. The van der Waals surface area contributed by atoms with Gasteiger partial charge in [-0.2, -0.15) is 14.9 Å². The third-order valence-electron chi connectivity index (χ3n) is 3.24. The van der Waals surface area contributed by atoms with E-state index in [4.69, 9.17) is 12.2 Å². The summed E-state index contributed by atoms with van der Waals surface area (Å²) in [5.74, 6) is 0.542. The summed E-state index contributed by atoms with van der Waals surface area (Å²) in [6.45, 7) is 1.47. The number of nitrogens with zero attached hydrogens (tertiary/aromatic N) is 3. The van der Waals surface area contributed by atoms with Crippen LogP contribution in [-0.4, -0.2) is 27.0 Å². The number of hydrogen-bond donors (Lipinski definition) is 2. The fraction of sp³-hybridized carbons (Fsp3) is 0.0588. The first kappa shape index (κ1) is 15.8. The predicted molar refractivity (Wildman–Crippen MR) is 96.6 cm³/mol. The van der Waals surface area contributed by atoms with Crippen LogP contribution in [0.1, 0.15) is 12.5 Å². The zero-order valence-corrected chi connectivity index (χ0v) is 13.7. The van der Waals surface area contributed by atoms with Crippen molar-refractivity contribution in [1.82, 2.24) is 14.9 Å². The van der Waals surface area contributed by atoms with E-state index in [-0.39, 0.29) is 5.91 Å². The van der Waals surface area contributed by atoms with Crippen LogP contribution in [0.2, 0.25) is 0 Å². The van der Waals surface area contributed by atoms with Crippen molar-refractivity contribution >= 4 is 30.0 Å². The summed E-state index contributed by atoms with van der Waals surface area (Å²) < 4.78 is 1.99. The molecule has 7 heteroatoms. The quantitative estimate of drug-likeness (QED) is 0.565. The van der Waals surface area contributed by atoms with Gasteiger partial charge in [-0.05, 0) is 29.9 Å². The van der Waals surface area contributed by atoms with Crippen molar-refractivity contribution in [2.45, 2.75) is 6.92 Å². The largest absolute Gasteiger partial charge is 0.326 e. The summed E-state index contributed by atoms with van der Waals surface area (Å²) in [6, 6.07) is 17.0. The number of carbonyl (C=O) groups excluding carboxylic acids is 1. The van der Waals surface area contributed by atoms with Crippen molar-refractivity contribution in [2.75, 3.05) is 5.32 Å². The Kier molecular flexibility index (Phi) is 4.62. The third kappa shape index (κ3) is 3.64. The number of carbonyl (C=O) groups is 1. The number of nitrogens with one attached hydrogen (secondary N) is 2. The lowest BCUT2D eigenvalue weighted by Gasteiger charge is -2.02. The fourth-order valence-electron chi connectivity index (χ4n) is 2.15. The van der Waals surface area contributed by atoms with Crippen molar-refractivity contribution in [3.63, 3.8) is 0 Å². The Morgan fingerprint density at radius 3 is 2.58 bits per heavy atom. The van der Waals surface area contributed by atoms with E-state index in [1.807, 2.05) is 54.6 Å². The van der Waals surface area contributed by atoms with Gasteiger partial charge < -0.3 is 5.32 Å². The lowest BCUT2D eigenvalue weighted by atomic mass is 10.2. The van der Waals surface area contributed by atoms with Gasteiger partial charge in [0.1, 0.15) is 0 Å². The van der Waals surface area contributed by atoms with Crippen molar-refractivity contribution in [2.24, 2.45) is 5.10 Å². The van der Waals surface area contributed by atoms with Gasteiger partial charge in [0.15, 0.2) is 5.82 Å². The van der Waals surface area contributed by atoms with Crippen LogP contribution in [0.15, 0.2) is 59.7 Å². The van der Waals surface area contributed by atoms with E-state index in [2.05, 4.69) is 20.6 Å². The average molecular weight is 337 g/mol. The van der Waals surface area contributed by atoms with Gasteiger partial charge in [-0.3, -0.25) is 4.79 Å². The standard InChI is InChI=1S/C17H15N5OS/c1-12(23)19-15-9-7-13(8-10-15)11-18-22-16(20-21-17(22)24)14-5-3-2-4-6-14/h2-11H,1H3,(H,19,23)(H,21,24). The molecule has 3 rings (SSSR count). The van der Waals surface area contributed by atoms with Gasteiger partial charge >= 0.3 is 0 Å². The second-order valence-electron chi connectivity index (χ2n) is 5.08. The second kappa shape index (κ2) is 7.01. The van der Waals surface area contributed by atoms with Crippen LogP contribution in [0.5, 0.6) is 0 Å². The molecule has 0 unspecified atom stereocenters. The maximum absolute atomic E-state index is 11.0. The highest BCUT2D eigenvalue weighted by molar-refractivity contribution is 7.71. The molecule has 0 aliphatic rings. The first-order chi connectivity index (χ1) is 11.6. The van der Waals surface area contributed by atoms with Gasteiger partial charge in [0.05, 0.1) is 6.21 Å². The minimum atomic E-state index is -0.103. The average Bonchev–Trinajstić information content (AvgIpc) is 2.95. The molecular formula is C17H15N5OS. The number of benzene rings is 2. The topological polar surface area (TPSA) is 75.1 Å². The van der Waals surface area contributed by atoms with Crippen LogP contribution in [0, 0.1) is 4.77 Å². The SMILES string of the molecule is CC(=O)Nc1ccc(C=Nn2c(-c3ccccc3)n[nH]c2=S)cc1. The molecule has 2 aromatic carbocycles. The molecule has 0 fully saturated rings. The molecule has 0 saturated heterocycles. The van der Waals surface area contributed by atoms with Gasteiger partial charge in [0, 0.05) is 18.2 Å². The molecule has 0 radical (unpaired) electrons. The Bertz CT molecular complexity index is 926. The van der Waals surface area contributed by atoms with Gasteiger partial charge in [-0.1, -0.05) is 42.5 Å². The number of hydrogen-bond acceptors (Lipinski definition) is 4. The molecular weight excluding hydrogens is 322 g/mol. The Labute approximate surface area is 143 Å². The van der Waals surface area contributed by atoms with Gasteiger partial charge in [-0.15, -0.1) is 0 Å². The fourth-order valence-corrected chi connectivity index (χ4v) is 2.33. The van der Waals surface area contributed by atoms with Crippen LogP contribution in [0.3, 0.4) is 0 Å². The summed E-state index contributed by atoms with van der Waals surface area (Å²) >= 11 is 5.24. The first-order valence-corrected chi connectivity index (χ1v) is 7.69. The molecule has 1 aromatic heterocycles. The van der Waals surface area contributed by atoms with Gasteiger partial charge in [0.25, 0.3) is 0 Å². The van der Waals surface area contributed by atoms with Crippen molar-refractivity contribution in [3.8, 4) is 11.4 Å². The maximum atomic E-state index is 11.0. The summed E-state index contributed by atoms with van der Waals surface area (Å²) in [4.78, 5) is 11.0. The molecule has 24 heavy (non-hydrogen) atoms. The van der Waals surface area contributed by atoms with E-state index < -0.39 is 0 Å². The molecule has 0 spiro atoms. The molecule has 6 nitrogen and oxygen atoms in total. The Hall–Kier alpha value is -3.06. The van der Waals surface area contributed by atoms with Gasteiger partial charge in [-0.25, -0.2) is 5.10 Å². The number of aromatic amines is 1. The number of H-pyrrole nitrogens is 1. The first-order valence-electron chi connectivity index (χ1n) is 7.28. The molecule has 2 N–H and O–H groups in total. The smallest absolute Gasteiger partial charge is 0.221 e. The highest BCUT2D eigenvalue weighted by Crippen LogP contribution is 2.16. The van der Waals surface area contributed by atoms with Crippen molar-refractivity contribution in [1.29, 1.82) is 0 Å². The second-order valence-corrected chi connectivity index (χ2v) is 5.46. The van der Waals surface area contributed by atoms with E-state index in [0.29, 0.717) is 10.6 Å². The summed E-state index contributed by atoms with van der Waals surface area (Å²) in [5.41, 5.74) is 2.54. The Morgan fingerprint density at radius 1 is 1.21 bits per heavy atom.